The van der Waals surface area contributed by atoms with Gasteiger partial charge in [-0.15, -0.1) is 11.7 Å². The van der Waals surface area contributed by atoms with Gasteiger partial charge >= 0.3 is 0 Å². The molecule has 0 spiro atoms. The lowest BCUT2D eigenvalue weighted by Crippen LogP contribution is -2.19. The number of carbonyl (C=O) groups excluding carboxylic acids is 1. The Morgan fingerprint density at radius 3 is 3.05 bits per heavy atom. The maximum Gasteiger partial charge on any atom is 0.236 e. The molecule has 1 aliphatic heterocycles. The van der Waals surface area contributed by atoms with Crippen LogP contribution in [0.15, 0.2) is 41.1 Å². The standard InChI is InChI=1S/C14H15N3O2S/c1-3-4-11-7-10(5-6-12(11)19-2)8-15-17-14-16-13(18)9-20-14/h3,5-8H,1,4,9H2,2H3,(H,16,17,18). The Morgan fingerprint density at radius 2 is 2.40 bits per heavy atom. The number of methoxy groups -OCH3 is 1. The van der Waals surface area contributed by atoms with Gasteiger partial charge in [-0.05, 0) is 35.7 Å². The third-order valence-corrected chi connectivity index (χ3v) is 3.47. The fourth-order valence-corrected chi connectivity index (χ4v) is 2.35. The molecule has 0 unspecified atom stereocenters. The van der Waals surface area contributed by atoms with Crippen molar-refractivity contribution in [3.63, 3.8) is 0 Å². The fraction of sp³-hybridized carbons (Fsp3) is 0.214. The van der Waals surface area contributed by atoms with E-state index >= 15 is 0 Å². The Hall–Kier alpha value is -2.08. The van der Waals surface area contributed by atoms with Crippen molar-refractivity contribution in [2.45, 2.75) is 6.42 Å². The van der Waals surface area contributed by atoms with Crippen molar-refractivity contribution in [1.29, 1.82) is 0 Å². The molecule has 1 amide bonds. The molecule has 1 aromatic rings. The highest BCUT2D eigenvalue weighted by atomic mass is 32.2. The highest BCUT2D eigenvalue weighted by Gasteiger charge is 2.15. The van der Waals surface area contributed by atoms with Crippen molar-refractivity contribution < 1.29 is 9.53 Å². The van der Waals surface area contributed by atoms with E-state index < -0.39 is 0 Å². The Bertz CT molecular complexity index is 582. The fourth-order valence-electron chi connectivity index (χ4n) is 1.72. The lowest BCUT2D eigenvalue weighted by Gasteiger charge is -2.06. The van der Waals surface area contributed by atoms with Gasteiger partial charge in [-0.2, -0.15) is 5.10 Å². The maximum atomic E-state index is 11.0. The van der Waals surface area contributed by atoms with Crippen LogP contribution in [-0.4, -0.2) is 30.2 Å². The summed E-state index contributed by atoms with van der Waals surface area (Å²) >= 11 is 1.35. The number of hydrogen-bond donors (Lipinski definition) is 1. The van der Waals surface area contributed by atoms with Crippen LogP contribution in [0.25, 0.3) is 0 Å². The van der Waals surface area contributed by atoms with E-state index in [0.29, 0.717) is 10.9 Å². The average Bonchev–Trinajstić information content (AvgIpc) is 2.85. The average molecular weight is 289 g/mol. The number of benzene rings is 1. The summed E-state index contributed by atoms with van der Waals surface area (Å²) in [4.78, 5) is 11.0. The molecule has 0 bridgehead atoms. The van der Waals surface area contributed by atoms with E-state index in [9.17, 15) is 4.79 Å². The Labute approximate surface area is 121 Å². The summed E-state index contributed by atoms with van der Waals surface area (Å²) in [7, 11) is 1.64. The van der Waals surface area contributed by atoms with E-state index in [1.165, 1.54) is 11.8 Å². The lowest BCUT2D eigenvalue weighted by molar-refractivity contribution is -0.116. The summed E-state index contributed by atoms with van der Waals surface area (Å²) in [5.74, 6) is 1.19. The van der Waals surface area contributed by atoms with Gasteiger partial charge in [0.1, 0.15) is 5.75 Å². The molecule has 0 aliphatic carbocycles. The molecule has 1 N–H and O–H groups in total. The van der Waals surface area contributed by atoms with E-state index in [1.54, 1.807) is 13.3 Å². The molecule has 1 aliphatic rings. The second-order valence-electron chi connectivity index (χ2n) is 4.05. The maximum absolute atomic E-state index is 11.0. The minimum Gasteiger partial charge on any atom is -0.496 e. The molecule has 5 nitrogen and oxygen atoms in total. The van der Waals surface area contributed by atoms with E-state index in [0.717, 1.165) is 23.3 Å². The summed E-state index contributed by atoms with van der Waals surface area (Å²) in [5.41, 5.74) is 1.96. The van der Waals surface area contributed by atoms with Gasteiger partial charge in [0.15, 0.2) is 5.17 Å². The number of hydrogen-bond acceptors (Lipinski definition) is 5. The van der Waals surface area contributed by atoms with E-state index in [1.807, 2.05) is 24.3 Å². The number of nitrogens with zero attached hydrogens (tertiary/aromatic N) is 2. The van der Waals surface area contributed by atoms with Crippen molar-refractivity contribution in [3.8, 4) is 5.75 Å². The Balaban J connectivity index is 2.11. The van der Waals surface area contributed by atoms with Crippen molar-refractivity contribution in [2.75, 3.05) is 12.9 Å². The first-order valence-corrected chi connectivity index (χ1v) is 7.03. The number of amidine groups is 1. The molecule has 1 saturated heterocycles. The zero-order valence-corrected chi connectivity index (χ0v) is 11.9. The van der Waals surface area contributed by atoms with Crippen LogP contribution >= 0.6 is 11.8 Å². The van der Waals surface area contributed by atoms with Gasteiger partial charge in [-0.3, -0.25) is 4.79 Å². The molecule has 1 fully saturated rings. The van der Waals surface area contributed by atoms with Gasteiger partial charge < -0.3 is 10.1 Å². The SMILES string of the molecule is C=CCc1cc(C=NN=C2NC(=O)CS2)ccc1OC. The third kappa shape index (κ3) is 3.71. The number of ether oxygens (including phenoxy) is 1. The molecule has 104 valence electrons. The largest absolute Gasteiger partial charge is 0.496 e. The number of allylic oxidation sites excluding steroid dienone is 1. The van der Waals surface area contributed by atoms with Gasteiger partial charge in [0.2, 0.25) is 5.91 Å². The number of thioether (sulfide) groups is 1. The first-order valence-electron chi connectivity index (χ1n) is 6.04. The van der Waals surface area contributed by atoms with Gasteiger partial charge in [0.25, 0.3) is 0 Å². The highest BCUT2D eigenvalue weighted by Crippen LogP contribution is 2.20. The molecule has 1 heterocycles. The Kier molecular flexibility index (Phi) is 4.95. The minimum atomic E-state index is -0.0401. The zero-order chi connectivity index (χ0) is 14.4. The lowest BCUT2D eigenvalue weighted by atomic mass is 10.1. The summed E-state index contributed by atoms with van der Waals surface area (Å²) < 4.78 is 5.28. The predicted molar refractivity (Wildman–Crippen MR) is 82.5 cm³/mol. The van der Waals surface area contributed by atoms with E-state index in [4.69, 9.17) is 4.74 Å². The monoisotopic (exact) mass is 289 g/mol. The third-order valence-electron chi connectivity index (χ3n) is 2.61. The number of nitrogens with one attached hydrogen (secondary N) is 1. The number of amides is 1. The van der Waals surface area contributed by atoms with Crippen LogP contribution in [0.2, 0.25) is 0 Å². The van der Waals surface area contributed by atoms with Gasteiger partial charge in [-0.1, -0.05) is 17.8 Å². The van der Waals surface area contributed by atoms with Gasteiger partial charge in [-0.25, -0.2) is 0 Å². The molecule has 0 aromatic heterocycles. The summed E-state index contributed by atoms with van der Waals surface area (Å²) in [5, 5.41) is 11.1. The van der Waals surface area contributed by atoms with Crippen LogP contribution < -0.4 is 10.1 Å². The summed E-state index contributed by atoms with van der Waals surface area (Å²) in [6.07, 6.45) is 4.19. The molecule has 0 atom stereocenters. The van der Waals surface area contributed by atoms with Crippen LogP contribution in [0.4, 0.5) is 0 Å². The topological polar surface area (TPSA) is 63.0 Å². The number of carbonyl (C=O) groups is 1. The molecular formula is C14H15N3O2S. The van der Waals surface area contributed by atoms with Crippen molar-refractivity contribution in [2.24, 2.45) is 10.2 Å². The van der Waals surface area contributed by atoms with Crippen LogP contribution in [-0.2, 0) is 11.2 Å². The highest BCUT2D eigenvalue weighted by molar-refractivity contribution is 8.15. The van der Waals surface area contributed by atoms with Crippen molar-refractivity contribution in [1.82, 2.24) is 5.32 Å². The second kappa shape index (κ2) is 6.91. The smallest absolute Gasteiger partial charge is 0.236 e. The molecule has 6 heteroatoms. The molecule has 20 heavy (non-hydrogen) atoms. The number of rotatable bonds is 5. The normalized spacial score (nSPS) is 16.6. The van der Waals surface area contributed by atoms with Gasteiger partial charge in [0, 0.05) is 0 Å². The van der Waals surface area contributed by atoms with Crippen molar-refractivity contribution >= 4 is 29.1 Å². The summed E-state index contributed by atoms with van der Waals surface area (Å²) in [6, 6.07) is 5.76. The van der Waals surface area contributed by atoms with Crippen molar-refractivity contribution in [3.05, 3.63) is 42.0 Å². The van der Waals surface area contributed by atoms with Crippen LogP contribution in [0.5, 0.6) is 5.75 Å². The quantitative estimate of drug-likeness (QED) is 0.512. The van der Waals surface area contributed by atoms with Crippen LogP contribution in [0.3, 0.4) is 0 Å². The molecule has 1 aromatic carbocycles. The van der Waals surface area contributed by atoms with Crippen LogP contribution in [0, 0.1) is 0 Å². The van der Waals surface area contributed by atoms with E-state index in [2.05, 4.69) is 22.1 Å². The predicted octanol–water partition coefficient (Wildman–Crippen LogP) is 1.98. The molecule has 2 rings (SSSR count). The first kappa shape index (κ1) is 14.3. The molecule has 0 saturated carbocycles. The molecular weight excluding hydrogens is 274 g/mol. The zero-order valence-electron chi connectivity index (χ0n) is 11.1. The van der Waals surface area contributed by atoms with Gasteiger partial charge in [0.05, 0.1) is 19.1 Å². The van der Waals surface area contributed by atoms with Crippen LogP contribution in [0.1, 0.15) is 11.1 Å². The second-order valence-corrected chi connectivity index (χ2v) is 5.01. The first-order chi connectivity index (χ1) is 9.72. The molecule has 0 radical (unpaired) electrons. The minimum absolute atomic E-state index is 0.0401. The Morgan fingerprint density at radius 1 is 1.55 bits per heavy atom. The summed E-state index contributed by atoms with van der Waals surface area (Å²) in [6.45, 7) is 3.73. The van der Waals surface area contributed by atoms with E-state index in [-0.39, 0.29) is 5.91 Å².